The number of aryl methyl sites for hydroxylation is 1. The Morgan fingerprint density at radius 1 is 1.32 bits per heavy atom. The molecule has 0 amide bonds. The number of imidazole rings is 1. The van der Waals surface area contributed by atoms with Gasteiger partial charge in [0.2, 0.25) is 0 Å². The van der Waals surface area contributed by atoms with Gasteiger partial charge < -0.3 is 9.88 Å². The Hall–Kier alpha value is -1.77. The minimum atomic E-state index is 0.104. The number of fused-ring (bicyclic) bond motifs is 1. The molecule has 0 fully saturated rings. The second-order valence-corrected chi connectivity index (χ2v) is 5.98. The fourth-order valence-corrected chi connectivity index (χ4v) is 2.01. The van der Waals surface area contributed by atoms with E-state index in [1.807, 2.05) is 12.1 Å². The minimum absolute atomic E-state index is 0.104. The first kappa shape index (κ1) is 13.7. The summed E-state index contributed by atoms with van der Waals surface area (Å²) in [6.07, 6.45) is 0.903. The Kier molecular flexibility index (Phi) is 3.65. The highest BCUT2D eigenvalue weighted by Gasteiger charge is 2.14. The lowest BCUT2D eigenvalue weighted by molar-refractivity contribution is 0.461. The van der Waals surface area contributed by atoms with Gasteiger partial charge in [-0.1, -0.05) is 39.5 Å². The van der Waals surface area contributed by atoms with Crippen molar-refractivity contribution in [2.45, 2.75) is 27.2 Å². The molecular formula is C16H23N3. The quantitative estimate of drug-likeness (QED) is 0.911. The monoisotopic (exact) mass is 257 g/mol. The Labute approximate surface area is 115 Å². The zero-order chi connectivity index (χ0) is 14.0. The highest BCUT2D eigenvalue weighted by atomic mass is 15.1. The van der Waals surface area contributed by atoms with E-state index in [-0.39, 0.29) is 5.41 Å². The molecule has 0 bridgehead atoms. The molecule has 1 heterocycles. The van der Waals surface area contributed by atoms with Crippen LogP contribution >= 0.6 is 0 Å². The largest absolute Gasteiger partial charge is 0.388 e. The van der Waals surface area contributed by atoms with Crippen molar-refractivity contribution in [3.05, 3.63) is 42.4 Å². The number of hydrogen-bond donors (Lipinski definition) is 1. The molecule has 0 aliphatic carbocycles. The van der Waals surface area contributed by atoms with Crippen LogP contribution in [0.15, 0.2) is 36.5 Å². The van der Waals surface area contributed by atoms with E-state index in [2.05, 4.69) is 61.4 Å². The predicted molar refractivity (Wildman–Crippen MR) is 81.0 cm³/mol. The molecule has 0 atom stereocenters. The maximum absolute atomic E-state index is 4.66. The van der Waals surface area contributed by atoms with Gasteiger partial charge in [0.1, 0.15) is 5.82 Å². The molecule has 102 valence electrons. The lowest BCUT2D eigenvalue weighted by Gasteiger charge is -2.23. The second kappa shape index (κ2) is 5.08. The smallest absolute Gasteiger partial charge is 0.111 e. The molecule has 1 aromatic heterocycles. The summed E-state index contributed by atoms with van der Waals surface area (Å²) in [7, 11) is 2.07. The molecule has 3 nitrogen and oxygen atoms in total. The highest BCUT2D eigenvalue weighted by Crippen LogP contribution is 2.20. The Bertz CT molecular complexity index is 588. The van der Waals surface area contributed by atoms with Crippen LogP contribution < -0.4 is 5.32 Å². The molecule has 3 heteroatoms. The van der Waals surface area contributed by atoms with Crippen LogP contribution in [0.5, 0.6) is 0 Å². The fraction of sp³-hybridized carbons (Fsp3) is 0.438. The van der Waals surface area contributed by atoms with Gasteiger partial charge in [-0.15, -0.1) is 0 Å². The van der Waals surface area contributed by atoms with E-state index in [1.54, 1.807) is 0 Å². The Balaban J connectivity index is 2.03. The standard InChI is InChI=1S/C16H23N3/c1-12(16(2,3)4)17-11-10-15-18-13-8-6-7-9-14(13)19(15)5/h6-9,17H,1,10-11H2,2-5H3. The summed E-state index contributed by atoms with van der Waals surface area (Å²) in [5, 5.41) is 3.39. The maximum Gasteiger partial charge on any atom is 0.111 e. The molecule has 19 heavy (non-hydrogen) atoms. The molecule has 0 saturated heterocycles. The Morgan fingerprint density at radius 2 is 2.00 bits per heavy atom. The van der Waals surface area contributed by atoms with Gasteiger partial charge in [-0.2, -0.15) is 0 Å². The topological polar surface area (TPSA) is 29.9 Å². The number of hydrogen-bond acceptors (Lipinski definition) is 2. The number of aromatic nitrogens is 2. The Morgan fingerprint density at radius 3 is 2.63 bits per heavy atom. The molecule has 0 aliphatic rings. The number of rotatable bonds is 4. The maximum atomic E-state index is 4.66. The van der Waals surface area contributed by atoms with Crippen LogP contribution in [0.3, 0.4) is 0 Å². The van der Waals surface area contributed by atoms with Crippen molar-refractivity contribution in [3.63, 3.8) is 0 Å². The summed E-state index contributed by atoms with van der Waals surface area (Å²) in [4.78, 5) is 4.66. The molecule has 0 saturated carbocycles. The first-order valence-electron chi connectivity index (χ1n) is 6.73. The molecule has 0 aliphatic heterocycles. The van der Waals surface area contributed by atoms with Crippen molar-refractivity contribution in [2.75, 3.05) is 6.54 Å². The molecule has 0 unspecified atom stereocenters. The van der Waals surface area contributed by atoms with Gasteiger partial charge in [0.15, 0.2) is 0 Å². The van der Waals surface area contributed by atoms with Crippen molar-refractivity contribution < 1.29 is 0 Å². The summed E-state index contributed by atoms with van der Waals surface area (Å²) in [6.45, 7) is 11.4. The molecule has 0 radical (unpaired) electrons. The SMILES string of the molecule is C=C(NCCc1nc2ccccc2n1C)C(C)(C)C. The van der Waals surface area contributed by atoms with Crippen molar-refractivity contribution >= 4 is 11.0 Å². The van der Waals surface area contributed by atoms with Crippen LogP contribution in [0, 0.1) is 5.41 Å². The molecule has 1 N–H and O–H groups in total. The van der Waals surface area contributed by atoms with Crippen molar-refractivity contribution in [1.82, 2.24) is 14.9 Å². The van der Waals surface area contributed by atoms with Crippen molar-refractivity contribution in [3.8, 4) is 0 Å². The van der Waals surface area contributed by atoms with Crippen LogP contribution in [-0.4, -0.2) is 16.1 Å². The van der Waals surface area contributed by atoms with Crippen molar-refractivity contribution in [1.29, 1.82) is 0 Å². The van der Waals surface area contributed by atoms with Gasteiger partial charge in [0, 0.05) is 31.1 Å². The third-order valence-corrected chi connectivity index (χ3v) is 3.47. The summed E-state index contributed by atoms with van der Waals surface area (Å²) in [6, 6.07) is 8.24. The van der Waals surface area contributed by atoms with Crippen LogP contribution in [-0.2, 0) is 13.5 Å². The molecule has 2 aromatic rings. The van der Waals surface area contributed by atoms with E-state index in [9.17, 15) is 0 Å². The fourth-order valence-electron chi connectivity index (χ4n) is 2.01. The third kappa shape index (κ3) is 2.98. The second-order valence-electron chi connectivity index (χ2n) is 5.98. The van der Waals surface area contributed by atoms with E-state index in [0.717, 1.165) is 30.0 Å². The number of allylic oxidation sites excluding steroid dienone is 1. The first-order chi connectivity index (χ1) is 8.89. The normalized spacial score (nSPS) is 11.8. The number of benzene rings is 1. The van der Waals surface area contributed by atoms with Crippen molar-refractivity contribution in [2.24, 2.45) is 12.5 Å². The number of nitrogens with one attached hydrogen (secondary N) is 1. The van der Waals surface area contributed by atoms with Gasteiger partial charge in [-0.05, 0) is 12.1 Å². The van der Waals surface area contributed by atoms with E-state index in [4.69, 9.17) is 0 Å². The minimum Gasteiger partial charge on any atom is -0.388 e. The average molecular weight is 257 g/mol. The summed E-state index contributed by atoms with van der Waals surface area (Å²) in [5.41, 5.74) is 3.43. The van der Waals surface area contributed by atoms with E-state index >= 15 is 0 Å². The van der Waals surface area contributed by atoms with Gasteiger partial charge in [-0.25, -0.2) is 4.98 Å². The molecular weight excluding hydrogens is 234 g/mol. The van der Waals surface area contributed by atoms with Crippen LogP contribution in [0.1, 0.15) is 26.6 Å². The lowest BCUT2D eigenvalue weighted by atomic mass is 9.93. The summed E-state index contributed by atoms with van der Waals surface area (Å²) < 4.78 is 2.16. The molecule has 2 rings (SSSR count). The third-order valence-electron chi connectivity index (χ3n) is 3.47. The zero-order valence-electron chi connectivity index (χ0n) is 12.3. The zero-order valence-corrected chi connectivity index (χ0v) is 12.3. The van der Waals surface area contributed by atoms with Gasteiger partial charge >= 0.3 is 0 Å². The van der Waals surface area contributed by atoms with Crippen LogP contribution in [0.25, 0.3) is 11.0 Å². The van der Waals surface area contributed by atoms with E-state index in [1.165, 1.54) is 5.52 Å². The van der Waals surface area contributed by atoms with Gasteiger partial charge in [0.25, 0.3) is 0 Å². The first-order valence-corrected chi connectivity index (χ1v) is 6.73. The number of para-hydroxylation sites is 2. The summed E-state index contributed by atoms with van der Waals surface area (Å²) in [5.74, 6) is 1.11. The van der Waals surface area contributed by atoms with E-state index in [0.29, 0.717) is 0 Å². The van der Waals surface area contributed by atoms with E-state index < -0.39 is 0 Å². The summed E-state index contributed by atoms with van der Waals surface area (Å²) >= 11 is 0. The lowest BCUT2D eigenvalue weighted by Crippen LogP contribution is -2.25. The number of nitrogens with zero attached hydrogens (tertiary/aromatic N) is 2. The van der Waals surface area contributed by atoms with Crippen LogP contribution in [0.4, 0.5) is 0 Å². The average Bonchev–Trinajstić information content (AvgIpc) is 2.66. The van der Waals surface area contributed by atoms with Gasteiger partial charge in [0.05, 0.1) is 11.0 Å². The highest BCUT2D eigenvalue weighted by molar-refractivity contribution is 5.75. The molecule has 1 aromatic carbocycles. The molecule has 0 spiro atoms. The predicted octanol–water partition coefficient (Wildman–Crippen LogP) is 3.27. The van der Waals surface area contributed by atoms with Crippen LogP contribution in [0.2, 0.25) is 0 Å². The van der Waals surface area contributed by atoms with Gasteiger partial charge in [-0.3, -0.25) is 0 Å².